The monoisotopic (exact) mass is 291 g/mol. The Morgan fingerprint density at radius 3 is 2.45 bits per heavy atom. The molecular weight excluding hydrogens is 278 g/mol. The Bertz CT molecular complexity index is 610. The second-order valence-corrected chi connectivity index (χ2v) is 5.97. The van der Waals surface area contributed by atoms with Gasteiger partial charge in [0.1, 0.15) is 17.0 Å². The predicted octanol–water partition coefficient (Wildman–Crippen LogP) is 2.92. The topological polar surface area (TPSA) is 47.9 Å². The van der Waals surface area contributed by atoms with Crippen LogP contribution in [0.5, 0.6) is 11.5 Å². The van der Waals surface area contributed by atoms with Crippen LogP contribution in [0.25, 0.3) is 0 Å². The third-order valence-electron chi connectivity index (χ3n) is 4.64. The normalized spacial score (nSPS) is 21.1. The van der Waals surface area contributed by atoms with Gasteiger partial charge in [-0.1, -0.05) is 11.6 Å². The summed E-state index contributed by atoms with van der Waals surface area (Å²) in [5.74, 6) is 1.62. The zero-order valence-electron chi connectivity index (χ0n) is 11.0. The summed E-state index contributed by atoms with van der Waals surface area (Å²) >= 11 is 6.45. The van der Waals surface area contributed by atoms with Crippen molar-refractivity contribution in [3.05, 3.63) is 21.7 Å². The minimum absolute atomic E-state index is 0.460. The molecule has 0 aromatic heterocycles. The van der Waals surface area contributed by atoms with Gasteiger partial charge in [-0.25, -0.2) is 4.79 Å². The molecule has 1 aliphatic carbocycles. The molecule has 5 heteroatoms. The Kier molecular flexibility index (Phi) is 2.60. The number of rotatable bonds is 2. The molecule has 2 aliphatic heterocycles. The third kappa shape index (κ3) is 1.44. The van der Waals surface area contributed by atoms with E-state index in [1.165, 1.54) is 0 Å². The Hall–Kier alpha value is -1.51. The highest BCUT2D eigenvalue weighted by molar-refractivity contribution is 6.33. The standard InChI is InChI=1S/C15H14ClNO3/c16-12-10-3-7-19-13(10)11(9-2-6-20-14(9)12)15(17-8-18)4-1-5-15/h1-7H2. The Labute approximate surface area is 121 Å². The lowest BCUT2D eigenvalue weighted by atomic mass is 9.69. The van der Waals surface area contributed by atoms with Gasteiger partial charge in [0.2, 0.25) is 6.08 Å². The zero-order valence-corrected chi connectivity index (χ0v) is 11.8. The van der Waals surface area contributed by atoms with Crippen LogP contribution in [0.3, 0.4) is 0 Å². The maximum Gasteiger partial charge on any atom is 0.235 e. The van der Waals surface area contributed by atoms with Crippen LogP contribution in [0, 0.1) is 0 Å². The fourth-order valence-corrected chi connectivity index (χ4v) is 3.91. The van der Waals surface area contributed by atoms with E-state index in [1.54, 1.807) is 6.08 Å². The highest BCUT2D eigenvalue weighted by Gasteiger charge is 2.46. The van der Waals surface area contributed by atoms with Crippen molar-refractivity contribution in [3.63, 3.8) is 0 Å². The van der Waals surface area contributed by atoms with Gasteiger partial charge in [0.05, 0.1) is 18.2 Å². The van der Waals surface area contributed by atoms with Crippen LogP contribution >= 0.6 is 11.6 Å². The molecule has 0 radical (unpaired) electrons. The number of carbonyl (C=O) groups excluding carboxylic acids is 1. The molecule has 0 atom stereocenters. The summed E-state index contributed by atoms with van der Waals surface area (Å²) in [6.45, 7) is 1.26. The van der Waals surface area contributed by atoms with Crippen LogP contribution in [0.15, 0.2) is 4.99 Å². The summed E-state index contributed by atoms with van der Waals surface area (Å²) in [5, 5.41) is 0.679. The number of ether oxygens (including phenoxy) is 2. The SMILES string of the molecule is O=C=NC1(c2c3c(c(Cl)c4c2OCC4)OCC3)CCC1. The highest BCUT2D eigenvalue weighted by atomic mass is 35.5. The molecule has 1 aromatic carbocycles. The van der Waals surface area contributed by atoms with Gasteiger partial charge in [-0.3, -0.25) is 0 Å². The maximum absolute atomic E-state index is 10.9. The molecule has 2 heterocycles. The van der Waals surface area contributed by atoms with Crippen molar-refractivity contribution in [3.8, 4) is 11.5 Å². The number of aliphatic imine (C=N–C) groups is 1. The molecule has 0 unspecified atom stereocenters. The Morgan fingerprint density at radius 1 is 1.10 bits per heavy atom. The molecule has 3 aliphatic rings. The lowest BCUT2D eigenvalue weighted by Crippen LogP contribution is -2.33. The fraction of sp³-hybridized carbons (Fsp3) is 0.533. The molecule has 1 saturated carbocycles. The van der Waals surface area contributed by atoms with Gasteiger partial charge >= 0.3 is 0 Å². The van der Waals surface area contributed by atoms with E-state index in [9.17, 15) is 4.79 Å². The van der Waals surface area contributed by atoms with Gasteiger partial charge in [-0.15, -0.1) is 0 Å². The van der Waals surface area contributed by atoms with E-state index in [1.807, 2.05) is 0 Å². The summed E-state index contributed by atoms with van der Waals surface area (Å²) < 4.78 is 11.5. The molecule has 0 saturated heterocycles. The van der Waals surface area contributed by atoms with Crippen LogP contribution in [0.2, 0.25) is 5.02 Å². The number of halogens is 1. The number of nitrogens with zero attached hydrogens (tertiary/aromatic N) is 1. The second-order valence-electron chi connectivity index (χ2n) is 5.59. The van der Waals surface area contributed by atoms with Gasteiger partial charge in [0, 0.05) is 29.5 Å². The molecule has 4 rings (SSSR count). The molecule has 4 nitrogen and oxygen atoms in total. The molecule has 20 heavy (non-hydrogen) atoms. The summed E-state index contributed by atoms with van der Waals surface area (Å²) in [6, 6.07) is 0. The average Bonchev–Trinajstić information content (AvgIpc) is 3.04. The second kappa shape index (κ2) is 4.24. The van der Waals surface area contributed by atoms with Crippen molar-refractivity contribution in [1.29, 1.82) is 0 Å². The van der Waals surface area contributed by atoms with Crippen LogP contribution < -0.4 is 9.47 Å². The molecule has 104 valence electrons. The third-order valence-corrected chi connectivity index (χ3v) is 5.04. The van der Waals surface area contributed by atoms with E-state index in [2.05, 4.69) is 4.99 Å². The number of hydrogen-bond donors (Lipinski definition) is 0. The van der Waals surface area contributed by atoms with E-state index in [-0.39, 0.29) is 0 Å². The number of fused-ring (bicyclic) bond motifs is 2. The first-order valence-corrected chi connectivity index (χ1v) is 7.37. The predicted molar refractivity (Wildman–Crippen MR) is 73.5 cm³/mol. The van der Waals surface area contributed by atoms with Crippen LogP contribution in [-0.4, -0.2) is 19.3 Å². The molecule has 1 fully saturated rings. The van der Waals surface area contributed by atoms with Gasteiger partial charge in [-0.05, 0) is 19.3 Å². The summed E-state index contributed by atoms with van der Waals surface area (Å²) in [6.07, 6.45) is 6.15. The van der Waals surface area contributed by atoms with Crippen molar-refractivity contribution in [2.24, 2.45) is 4.99 Å². The van der Waals surface area contributed by atoms with Gasteiger partial charge in [0.15, 0.2) is 0 Å². The van der Waals surface area contributed by atoms with Gasteiger partial charge in [0.25, 0.3) is 0 Å². The summed E-state index contributed by atoms with van der Waals surface area (Å²) in [7, 11) is 0. The van der Waals surface area contributed by atoms with Crippen LogP contribution in [-0.2, 0) is 23.2 Å². The first-order chi connectivity index (χ1) is 9.77. The van der Waals surface area contributed by atoms with Crippen LogP contribution in [0.4, 0.5) is 0 Å². The van der Waals surface area contributed by atoms with Gasteiger partial charge in [-0.2, -0.15) is 4.99 Å². The smallest absolute Gasteiger partial charge is 0.235 e. The lowest BCUT2D eigenvalue weighted by Gasteiger charge is -2.39. The number of hydrogen-bond acceptors (Lipinski definition) is 4. The number of isocyanates is 1. The Morgan fingerprint density at radius 2 is 1.80 bits per heavy atom. The van der Waals surface area contributed by atoms with Crippen molar-refractivity contribution >= 4 is 17.7 Å². The first-order valence-electron chi connectivity index (χ1n) is 6.99. The Balaban J connectivity index is 2.02. The minimum Gasteiger partial charge on any atom is -0.492 e. The quantitative estimate of drug-likeness (QED) is 0.622. The highest BCUT2D eigenvalue weighted by Crippen LogP contribution is 2.56. The molecule has 1 aromatic rings. The summed E-state index contributed by atoms with van der Waals surface area (Å²) in [4.78, 5) is 15.0. The zero-order chi connectivity index (χ0) is 13.7. The minimum atomic E-state index is -0.460. The van der Waals surface area contributed by atoms with Crippen molar-refractivity contribution in [2.75, 3.05) is 13.2 Å². The fourth-order valence-electron chi connectivity index (χ4n) is 3.56. The first kappa shape index (κ1) is 12.2. The van der Waals surface area contributed by atoms with E-state index in [0.717, 1.165) is 60.3 Å². The van der Waals surface area contributed by atoms with Crippen molar-refractivity contribution in [1.82, 2.24) is 0 Å². The van der Waals surface area contributed by atoms with Gasteiger partial charge < -0.3 is 9.47 Å². The lowest BCUT2D eigenvalue weighted by molar-refractivity contribution is 0.242. The largest absolute Gasteiger partial charge is 0.492 e. The van der Waals surface area contributed by atoms with Crippen LogP contribution in [0.1, 0.15) is 36.0 Å². The molecule has 0 N–H and O–H groups in total. The maximum atomic E-state index is 10.9. The van der Waals surface area contributed by atoms with Crippen molar-refractivity contribution < 1.29 is 14.3 Å². The molecule has 0 spiro atoms. The van der Waals surface area contributed by atoms with E-state index in [0.29, 0.717) is 18.2 Å². The molecular formula is C15H14ClNO3. The van der Waals surface area contributed by atoms with E-state index >= 15 is 0 Å². The van der Waals surface area contributed by atoms with E-state index in [4.69, 9.17) is 21.1 Å². The number of benzene rings is 1. The summed E-state index contributed by atoms with van der Waals surface area (Å²) in [5.41, 5.74) is 2.67. The van der Waals surface area contributed by atoms with E-state index < -0.39 is 5.54 Å². The molecule has 0 bridgehead atoms. The van der Waals surface area contributed by atoms with Crippen molar-refractivity contribution in [2.45, 2.75) is 37.6 Å². The average molecular weight is 292 g/mol. The molecule has 0 amide bonds.